The second-order valence-electron chi connectivity index (χ2n) is 6.36. The monoisotopic (exact) mass is 316 g/mol. The van der Waals surface area contributed by atoms with Crippen LogP contribution in [0.3, 0.4) is 0 Å². The van der Waals surface area contributed by atoms with Crippen molar-refractivity contribution in [1.82, 2.24) is 0 Å². The lowest BCUT2D eigenvalue weighted by molar-refractivity contribution is 0.399. The molecule has 3 fully saturated rings. The van der Waals surface area contributed by atoms with Gasteiger partial charge in [0, 0.05) is 14.2 Å². The van der Waals surface area contributed by atoms with Crippen LogP contribution in [0.4, 0.5) is 0 Å². The van der Waals surface area contributed by atoms with E-state index in [1.165, 1.54) is 116 Å². The SMILES string of the molecule is C1CCCCC1.C1CCCCC1.C1CCCCC1.CO.CO. The summed E-state index contributed by atoms with van der Waals surface area (Å²) in [5.41, 5.74) is 0. The van der Waals surface area contributed by atoms with Crippen LogP contribution < -0.4 is 0 Å². The van der Waals surface area contributed by atoms with E-state index in [0.29, 0.717) is 0 Å². The van der Waals surface area contributed by atoms with E-state index in [2.05, 4.69) is 0 Å². The number of aliphatic hydroxyl groups excluding tert-OH is 2. The molecule has 0 amide bonds. The molecule has 136 valence electrons. The minimum absolute atomic E-state index is 1.00. The maximum atomic E-state index is 7.00. The fourth-order valence-corrected chi connectivity index (χ4v) is 3.18. The molecule has 0 aromatic rings. The molecule has 0 bridgehead atoms. The Hall–Kier alpha value is -0.0800. The first kappa shape index (κ1) is 24.2. The van der Waals surface area contributed by atoms with Gasteiger partial charge < -0.3 is 10.2 Å². The summed E-state index contributed by atoms with van der Waals surface area (Å²) in [5.74, 6) is 0. The second-order valence-corrected chi connectivity index (χ2v) is 6.36. The van der Waals surface area contributed by atoms with Crippen LogP contribution >= 0.6 is 0 Å². The predicted molar refractivity (Wildman–Crippen MR) is 99.4 cm³/mol. The molecule has 0 aromatic carbocycles. The minimum atomic E-state index is 1.00. The molecule has 0 atom stereocenters. The predicted octanol–water partition coefficient (Wildman–Crippen LogP) is 6.24. The van der Waals surface area contributed by atoms with Gasteiger partial charge in [-0.25, -0.2) is 0 Å². The first-order valence-corrected chi connectivity index (χ1v) is 9.89. The van der Waals surface area contributed by atoms with Crippen molar-refractivity contribution in [3.8, 4) is 0 Å². The summed E-state index contributed by atoms with van der Waals surface area (Å²) in [7, 11) is 2.00. The number of aliphatic hydroxyl groups is 2. The summed E-state index contributed by atoms with van der Waals surface area (Å²) in [6.07, 6.45) is 27.0. The Bertz CT molecular complexity index is 84.7. The fraction of sp³-hybridized carbons (Fsp3) is 1.00. The van der Waals surface area contributed by atoms with Gasteiger partial charge in [0.1, 0.15) is 0 Å². The van der Waals surface area contributed by atoms with Crippen LogP contribution in [0.5, 0.6) is 0 Å². The average molecular weight is 317 g/mol. The normalized spacial score (nSPS) is 20.2. The summed E-state index contributed by atoms with van der Waals surface area (Å²) in [4.78, 5) is 0. The Balaban J connectivity index is 0. The fourth-order valence-electron chi connectivity index (χ4n) is 3.18. The Kier molecular flexibility index (Phi) is 28.4. The van der Waals surface area contributed by atoms with Gasteiger partial charge >= 0.3 is 0 Å². The topological polar surface area (TPSA) is 40.5 Å². The van der Waals surface area contributed by atoms with Crippen molar-refractivity contribution >= 4 is 0 Å². The zero-order valence-electron chi connectivity index (χ0n) is 15.6. The number of hydrogen-bond acceptors (Lipinski definition) is 2. The first-order valence-electron chi connectivity index (χ1n) is 9.89. The van der Waals surface area contributed by atoms with Crippen LogP contribution in [-0.2, 0) is 0 Å². The van der Waals surface area contributed by atoms with Crippen LogP contribution in [0.2, 0.25) is 0 Å². The van der Waals surface area contributed by atoms with Gasteiger partial charge in [-0.15, -0.1) is 0 Å². The lowest BCUT2D eigenvalue weighted by atomic mass is 10.0. The molecule has 2 N–H and O–H groups in total. The van der Waals surface area contributed by atoms with E-state index in [4.69, 9.17) is 10.2 Å². The van der Waals surface area contributed by atoms with Gasteiger partial charge in [0.15, 0.2) is 0 Å². The molecule has 3 aliphatic carbocycles. The van der Waals surface area contributed by atoms with Gasteiger partial charge in [0.05, 0.1) is 0 Å². The summed E-state index contributed by atoms with van der Waals surface area (Å²) in [6, 6.07) is 0. The molecule has 0 aromatic heterocycles. The van der Waals surface area contributed by atoms with E-state index in [1.54, 1.807) is 0 Å². The molecule has 0 aliphatic heterocycles. The summed E-state index contributed by atoms with van der Waals surface area (Å²) in [6.45, 7) is 0. The lowest BCUT2D eigenvalue weighted by Gasteiger charge is -2.05. The van der Waals surface area contributed by atoms with Gasteiger partial charge in [-0.2, -0.15) is 0 Å². The van der Waals surface area contributed by atoms with E-state index in [9.17, 15) is 0 Å². The highest BCUT2D eigenvalue weighted by Crippen LogP contribution is 2.16. The summed E-state index contributed by atoms with van der Waals surface area (Å²) in [5, 5.41) is 14.0. The minimum Gasteiger partial charge on any atom is -0.400 e. The van der Waals surface area contributed by atoms with E-state index in [-0.39, 0.29) is 0 Å². The Morgan fingerprint density at radius 1 is 0.227 bits per heavy atom. The van der Waals surface area contributed by atoms with Gasteiger partial charge in [-0.05, 0) is 0 Å². The van der Waals surface area contributed by atoms with Gasteiger partial charge in [0.25, 0.3) is 0 Å². The van der Waals surface area contributed by atoms with Gasteiger partial charge in [-0.3, -0.25) is 0 Å². The highest BCUT2D eigenvalue weighted by molar-refractivity contribution is 4.52. The third kappa shape index (κ3) is 22.2. The third-order valence-electron chi connectivity index (χ3n) is 4.50. The standard InChI is InChI=1S/3C6H12.2CH4O/c3*1-2-4-6-5-3-1;2*1-2/h3*1-6H2;2*2H,1H3. The first-order chi connectivity index (χ1) is 11.0. The van der Waals surface area contributed by atoms with Gasteiger partial charge in [0.2, 0.25) is 0 Å². The van der Waals surface area contributed by atoms with Crippen LogP contribution in [-0.4, -0.2) is 24.4 Å². The third-order valence-corrected chi connectivity index (χ3v) is 4.50. The van der Waals surface area contributed by atoms with E-state index >= 15 is 0 Å². The van der Waals surface area contributed by atoms with Crippen LogP contribution in [0.25, 0.3) is 0 Å². The quantitative estimate of drug-likeness (QED) is 0.555. The van der Waals surface area contributed by atoms with Crippen molar-refractivity contribution < 1.29 is 10.2 Å². The van der Waals surface area contributed by atoms with E-state index < -0.39 is 0 Å². The molecule has 0 unspecified atom stereocenters. The molecule has 3 rings (SSSR count). The van der Waals surface area contributed by atoms with Crippen molar-refractivity contribution in [2.45, 2.75) is 116 Å². The summed E-state index contributed by atoms with van der Waals surface area (Å²) >= 11 is 0. The zero-order valence-corrected chi connectivity index (χ0v) is 15.6. The molecule has 3 aliphatic rings. The molecule has 22 heavy (non-hydrogen) atoms. The number of hydrogen-bond donors (Lipinski definition) is 2. The molecule has 0 radical (unpaired) electrons. The molecule has 3 saturated carbocycles. The van der Waals surface area contributed by atoms with Gasteiger partial charge in [-0.1, -0.05) is 116 Å². The van der Waals surface area contributed by atoms with Crippen LogP contribution in [0.1, 0.15) is 116 Å². The molecular weight excluding hydrogens is 272 g/mol. The zero-order chi connectivity index (χ0) is 16.7. The molecule has 0 heterocycles. The molecular formula is C20H44O2. The Morgan fingerprint density at radius 3 is 0.318 bits per heavy atom. The van der Waals surface area contributed by atoms with Crippen molar-refractivity contribution in [3.05, 3.63) is 0 Å². The summed E-state index contributed by atoms with van der Waals surface area (Å²) < 4.78 is 0. The average Bonchev–Trinajstić information content (AvgIpc) is 2.70. The van der Waals surface area contributed by atoms with Crippen molar-refractivity contribution in [1.29, 1.82) is 0 Å². The number of rotatable bonds is 0. The molecule has 0 saturated heterocycles. The van der Waals surface area contributed by atoms with E-state index in [1.807, 2.05) is 0 Å². The maximum absolute atomic E-state index is 7.00. The highest BCUT2D eigenvalue weighted by Gasteiger charge is 1.96. The highest BCUT2D eigenvalue weighted by atomic mass is 16.2. The molecule has 2 heteroatoms. The largest absolute Gasteiger partial charge is 0.400 e. The molecule has 0 spiro atoms. The van der Waals surface area contributed by atoms with E-state index in [0.717, 1.165) is 14.2 Å². The maximum Gasteiger partial charge on any atom is 0.0319 e. The van der Waals surface area contributed by atoms with Crippen molar-refractivity contribution in [2.75, 3.05) is 14.2 Å². The van der Waals surface area contributed by atoms with Crippen LogP contribution in [0, 0.1) is 0 Å². The Morgan fingerprint density at radius 2 is 0.273 bits per heavy atom. The molecule has 2 nitrogen and oxygen atoms in total. The van der Waals surface area contributed by atoms with Crippen molar-refractivity contribution in [2.24, 2.45) is 0 Å². The smallest absolute Gasteiger partial charge is 0.0319 e. The Labute approximate surface area is 140 Å². The second kappa shape index (κ2) is 25.9. The lowest BCUT2D eigenvalue weighted by Crippen LogP contribution is -1.85. The van der Waals surface area contributed by atoms with Crippen LogP contribution in [0.15, 0.2) is 0 Å². The van der Waals surface area contributed by atoms with Crippen molar-refractivity contribution in [3.63, 3.8) is 0 Å².